The van der Waals surface area contributed by atoms with Crippen molar-refractivity contribution < 1.29 is 61.8 Å². The van der Waals surface area contributed by atoms with Gasteiger partial charge in [0.1, 0.15) is 0 Å². The zero-order valence-electron chi connectivity index (χ0n) is 3.17. The van der Waals surface area contributed by atoms with Gasteiger partial charge in [-0.15, -0.1) is 0 Å². The van der Waals surface area contributed by atoms with Gasteiger partial charge in [0.15, 0.2) is 0 Å². The number of hydrogen-bond donors (Lipinski definition) is 0. The molecule has 0 radical (unpaired) electrons. The van der Waals surface area contributed by atoms with Gasteiger partial charge in [0.25, 0.3) is 0 Å². The average molecular weight is 140 g/mol. The first kappa shape index (κ1) is 15.7. The summed E-state index contributed by atoms with van der Waals surface area (Å²) in [4.78, 5) is 0. The van der Waals surface area contributed by atoms with E-state index in [-0.39, 0.29) is 35.0 Å². The molecule has 6 heteroatoms. The van der Waals surface area contributed by atoms with Crippen LogP contribution in [0.5, 0.6) is 0 Å². The van der Waals surface area contributed by atoms with Crippen LogP contribution < -0.4 is 33.6 Å². The SMILES string of the molecule is O.[Na+].[O]=[V](=[O])[O-]. The van der Waals surface area contributed by atoms with E-state index < -0.39 is 15.4 Å². The monoisotopic (exact) mass is 140 g/mol. The molecule has 2 N–H and O–H groups in total. The molecule has 0 atom stereocenters. The Kier molecular flexibility index (Phi) is 24.7. The van der Waals surface area contributed by atoms with E-state index in [0.29, 0.717) is 0 Å². The van der Waals surface area contributed by atoms with E-state index in [1.165, 1.54) is 0 Å². The molecule has 0 bridgehead atoms. The quantitative estimate of drug-likeness (QED) is 0.315. The summed E-state index contributed by atoms with van der Waals surface area (Å²) in [5, 5.41) is 0. The zero-order chi connectivity index (χ0) is 3.58. The summed E-state index contributed by atoms with van der Waals surface area (Å²) >= 11 is -3.94. The second kappa shape index (κ2) is 9.44. The molecule has 0 saturated heterocycles. The van der Waals surface area contributed by atoms with E-state index in [2.05, 4.69) is 0 Å². The molecule has 0 amide bonds. The van der Waals surface area contributed by atoms with E-state index in [1.807, 2.05) is 0 Å². The van der Waals surface area contributed by atoms with Gasteiger partial charge in [-0.05, 0) is 0 Å². The summed E-state index contributed by atoms with van der Waals surface area (Å²) in [5.41, 5.74) is 0. The van der Waals surface area contributed by atoms with Crippen LogP contribution in [0.2, 0.25) is 0 Å². The molecule has 0 aliphatic rings. The predicted octanol–water partition coefficient (Wildman–Crippen LogP) is -5.25. The van der Waals surface area contributed by atoms with Crippen molar-refractivity contribution in [3.63, 3.8) is 0 Å². The van der Waals surface area contributed by atoms with Crippen molar-refractivity contribution in [3.8, 4) is 0 Å². The minimum absolute atomic E-state index is 0. The Hall–Kier alpha value is 1.10. The molecule has 4 nitrogen and oxygen atoms in total. The molecule has 0 aliphatic heterocycles. The molecular formula is H2NaO4V. The summed E-state index contributed by atoms with van der Waals surface area (Å²) in [6.45, 7) is 0. The van der Waals surface area contributed by atoms with Gasteiger partial charge in [0.2, 0.25) is 0 Å². The average Bonchev–Trinajstić information content (AvgIpc) is 0.811. The second-order valence-electron chi connectivity index (χ2n) is 0.224. The first-order valence-electron chi connectivity index (χ1n) is 0.548. The van der Waals surface area contributed by atoms with Crippen LogP contribution in [0.1, 0.15) is 0 Å². The third kappa shape index (κ3) is 70.5. The first-order chi connectivity index (χ1) is 1.73. The van der Waals surface area contributed by atoms with Crippen LogP contribution in [-0.2, 0) is 22.7 Å². The number of rotatable bonds is 0. The first-order valence-corrected chi connectivity index (χ1v) is 2.26. The summed E-state index contributed by atoms with van der Waals surface area (Å²) in [6.07, 6.45) is 0. The molecule has 0 unspecified atom stereocenters. The summed E-state index contributed by atoms with van der Waals surface area (Å²) in [5.74, 6) is 0. The molecule has 0 rings (SSSR count). The molecular weight excluding hydrogens is 138 g/mol. The van der Waals surface area contributed by atoms with Crippen molar-refractivity contribution >= 4 is 0 Å². The summed E-state index contributed by atoms with van der Waals surface area (Å²) in [6, 6.07) is 0. The molecule has 0 heterocycles. The van der Waals surface area contributed by atoms with Gasteiger partial charge in [-0.1, -0.05) is 0 Å². The molecule has 0 saturated carbocycles. The van der Waals surface area contributed by atoms with Crippen LogP contribution >= 0.6 is 0 Å². The molecule has 0 aliphatic carbocycles. The molecule has 0 fully saturated rings. The Labute approximate surface area is 61.5 Å². The Balaban J connectivity index is -0.0000000450. The van der Waals surface area contributed by atoms with Crippen molar-refractivity contribution in [3.05, 3.63) is 0 Å². The Bertz CT molecular complexity index is 55.9. The summed E-state index contributed by atoms with van der Waals surface area (Å²) in [7, 11) is 0. The van der Waals surface area contributed by atoms with E-state index in [4.69, 9.17) is 11.4 Å². The molecule has 0 aromatic carbocycles. The fraction of sp³-hybridized carbons (Fsp3) is 0. The maximum absolute atomic E-state index is 8.56. The molecule has 6 heavy (non-hydrogen) atoms. The fourth-order valence-electron chi connectivity index (χ4n) is 0. The summed E-state index contributed by atoms with van der Waals surface area (Å²) < 4.78 is 25.7. The van der Waals surface area contributed by atoms with Crippen molar-refractivity contribution in [2.75, 3.05) is 0 Å². The van der Waals surface area contributed by atoms with Crippen LogP contribution in [0.15, 0.2) is 0 Å². The van der Waals surface area contributed by atoms with Gasteiger partial charge in [0, 0.05) is 0 Å². The normalized spacial score (nSPS) is 4.17. The van der Waals surface area contributed by atoms with E-state index in [1.54, 1.807) is 0 Å². The van der Waals surface area contributed by atoms with E-state index in [9.17, 15) is 0 Å². The molecule has 0 spiro atoms. The second-order valence-corrected chi connectivity index (χ2v) is 0.922. The standard InChI is InChI=1S/Na.H2O.3O.V/h;1H2;;;;/q+1;;;;-1;. The van der Waals surface area contributed by atoms with Crippen LogP contribution in [-0.4, -0.2) is 5.48 Å². The van der Waals surface area contributed by atoms with Crippen molar-refractivity contribution in [1.29, 1.82) is 0 Å². The van der Waals surface area contributed by atoms with Crippen LogP contribution in [0.3, 0.4) is 0 Å². The van der Waals surface area contributed by atoms with Gasteiger partial charge < -0.3 is 5.48 Å². The van der Waals surface area contributed by atoms with E-state index in [0.717, 1.165) is 0 Å². The van der Waals surface area contributed by atoms with Gasteiger partial charge in [-0.25, -0.2) is 0 Å². The maximum atomic E-state index is 8.56. The predicted molar refractivity (Wildman–Crippen MR) is 4.99 cm³/mol. The third-order valence-corrected chi connectivity index (χ3v) is 0. The molecule has 0 aromatic heterocycles. The van der Waals surface area contributed by atoms with Gasteiger partial charge in [-0.3, -0.25) is 0 Å². The van der Waals surface area contributed by atoms with Gasteiger partial charge in [-0.2, -0.15) is 0 Å². The fourth-order valence-corrected chi connectivity index (χ4v) is 0. The topological polar surface area (TPSA) is 88.7 Å². The van der Waals surface area contributed by atoms with Crippen molar-refractivity contribution in [2.45, 2.75) is 0 Å². The minimum atomic E-state index is -3.94. The number of hydrogen-bond acceptors (Lipinski definition) is 3. The molecule has 0 aromatic rings. The van der Waals surface area contributed by atoms with Crippen LogP contribution in [0.25, 0.3) is 0 Å². The van der Waals surface area contributed by atoms with Gasteiger partial charge >= 0.3 is 56.3 Å². The van der Waals surface area contributed by atoms with Crippen molar-refractivity contribution in [1.82, 2.24) is 0 Å². The van der Waals surface area contributed by atoms with Gasteiger partial charge in [0.05, 0.1) is 0 Å². The Morgan fingerprint density at radius 3 is 1.33 bits per heavy atom. The Morgan fingerprint density at radius 2 is 1.33 bits per heavy atom. The third-order valence-electron chi connectivity index (χ3n) is 0. The van der Waals surface area contributed by atoms with Crippen LogP contribution in [0, 0.1) is 0 Å². The molecule has 32 valence electrons. The van der Waals surface area contributed by atoms with E-state index >= 15 is 0 Å². The van der Waals surface area contributed by atoms with Crippen LogP contribution in [0.4, 0.5) is 0 Å². The Morgan fingerprint density at radius 1 is 1.33 bits per heavy atom. The zero-order valence-corrected chi connectivity index (χ0v) is 6.57. The van der Waals surface area contributed by atoms with Crippen molar-refractivity contribution in [2.24, 2.45) is 0 Å².